The third-order valence-electron chi connectivity index (χ3n) is 6.08. The number of ether oxygens (including phenoxy) is 1. The predicted molar refractivity (Wildman–Crippen MR) is 121 cm³/mol. The van der Waals surface area contributed by atoms with Crippen LogP contribution in [0.5, 0.6) is 5.88 Å². The molecule has 180 valence electrons. The summed E-state index contributed by atoms with van der Waals surface area (Å²) in [6.45, 7) is 2.87. The van der Waals surface area contributed by atoms with Crippen LogP contribution in [0.3, 0.4) is 0 Å². The fourth-order valence-electron chi connectivity index (χ4n) is 4.44. The molecule has 5 rings (SSSR count). The molecule has 3 aromatic heterocycles. The summed E-state index contributed by atoms with van der Waals surface area (Å²) in [6, 6.07) is 4.20. The van der Waals surface area contributed by atoms with E-state index in [2.05, 4.69) is 25.7 Å². The molecular formula is C22H25F3N8O. The Morgan fingerprint density at radius 3 is 2.85 bits per heavy atom. The van der Waals surface area contributed by atoms with E-state index >= 15 is 4.39 Å². The van der Waals surface area contributed by atoms with Crippen LogP contribution < -0.4 is 10.1 Å². The normalized spacial score (nSPS) is 18.6. The molecule has 1 atom stereocenters. The fraction of sp³-hybridized carbons (Fsp3) is 0.455. The molecule has 4 aromatic rings. The van der Waals surface area contributed by atoms with Gasteiger partial charge in [0.1, 0.15) is 11.0 Å². The molecule has 0 aliphatic carbocycles. The summed E-state index contributed by atoms with van der Waals surface area (Å²) in [7, 11) is 3.05. The zero-order valence-corrected chi connectivity index (χ0v) is 19.1. The topological polar surface area (TPSA) is 85.4 Å². The third-order valence-corrected chi connectivity index (χ3v) is 6.08. The fourth-order valence-corrected chi connectivity index (χ4v) is 4.44. The minimum absolute atomic E-state index is 0.0548. The Morgan fingerprint density at radius 2 is 2.12 bits per heavy atom. The van der Waals surface area contributed by atoms with Crippen LogP contribution in [0.25, 0.3) is 27.7 Å². The van der Waals surface area contributed by atoms with Gasteiger partial charge in [0.15, 0.2) is 5.82 Å². The van der Waals surface area contributed by atoms with Crippen molar-refractivity contribution in [2.24, 2.45) is 0 Å². The lowest BCUT2D eigenvalue weighted by molar-refractivity contribution is -0.0675. The minimum Gasteiger partial charge on any atom is -0.479 e. The van der Waals surface area contributed by atoms with Crippen molar-refractivity contribution in [1.29, 1.82) is 0 Å². The van der Waals surface area contributed by atoms with E-state index < -0.39 is 17.8 Å². The van der Waals surface area contributed by atoms with Crippen LogP contribution in [0.1, 0.15) is 19.8 Å². The molecule has 0 saturated carbocycles. The zero-order chi connectivity index (χ0) is 24.0. The van der Waals surface area contributed by atoms with Crippen LogP contribution >= 0.6 is 0 Å². The molecule has 1 saturated heterocycles. The molecule has 1 aliphatic heterocycles. The summed E-state index contributed by atoms with van der Waals surface area (Å²) in [5.41, 5.74) is 2.61. The lowest BCUT2D eigenvalue weighted by atomic mass is 10.0. The maximum atomic E-state index is 15.2. The van der Waals surface area contributed by atoms with Crippen molar-refractivity contribution in [3.63, 3.8) is 0 Å². The van der Waals surface area contributed by atoms with Crippen molar-refractivity contribution in [1.82, 2.24) is 34.5 Å². The van der Waals surface area contributed by atoms with Gasteiger partial charge in [-0.2, -0.15) is 4.98 Å². The van der Waals surface area contributed by atoms with Crippen molar-refractivity contribution >= 4 is 22.5 Å². The van der Waals surface area contributed by atoms with Gasteiger partial charge in [-0.1, -0.05) is 18.2 Å². The molecule has 1 fully saturated rings. The Bertz CT molecular complexity index is 1350. The van der Waals surface area contributed by atoms with E-state index in [0.717, 1.165) is 11.9 Å². The second-order valence-electron chi connectivity index (χ2n) is 8.59. The summed E-state index contributed by atoms with van der Waals surface area (Å²) < 4.78 is 52.7. The van der Waals surface area contributed by atoms with Crippen LogP contribution in [0, 0.1) is 5.82 Å². The van der Waals surface area contributed by atoms with Crippen molar-refractivity contribution < 1.29 is 17.9 Å². The van der Waals surface area contributed by atoms with E-state index in [4.69, 9.17) is 4.74 Å². The summed E-state index contributed by atoms with van der Waals surface area (Å²) in [4.78, 5) is 5.87. The first kappa shape index (κ1) is 22.4. The highest BCUT2D eigenvalue weighted by molar-refractivity contribution is 5.89. The zero-order valence-electron chi connectivity index (χ0n) is 19.1. The van der Waals surface area contributed by atoms with Gasteiger partial charge in [-0.15, -0.1) is 10.2 Å². The van der Waals surface area contributed by atoms with Crippen molar-refractivity contribution in [3.05, 3.63) is 30.2 Å². The number of halogens is 3. The molecule has 4 heterocycles. The highest BCUT2D eigenvalue weighted by atomic mass is 19.3. The first-order valence-corrected chi connectivity index (χ1v) is 11.1. The molecular weight excluding hydrogens is 449 g/mol. The van der Waals surface area contributed by atoms with Crippen LogP contribution in [0.15, 0.2) is 24.4 Å². The molecule has 0 spiro atoms. The number of hydrogen-bond acceptors (Lipinski definition) is 7. The van der Waals surface area contributed by atoms with Crippen molar-refractivity contribution in [2.45, 2.75) is 38.3 Å². The van der Waals surface area contributed by atoms with Crippen LogP contribution in [0.2, 0.25) is 0 Å². The number of alkyl halides is 2. The first-order valence-electron chi connectivity index (χ1n) is 11.1. The number of nitrogens with one attached hydrogen (secondary N) is 1. The smallest absolute Gasteiger partial charge is 0.280 e. The number of nitrogens with zero attached hydrogens (tertiary/aromatic N) is 7. The number of fused-ring (bicyclic) bond motifs is 2. The Labute approximate surface area is 193 Å². The maximum Gasteiger partial charge on any atom is 0.280 e. The number of methoxy groups -OCH3 is 1. The van der Waals surface area contributed by atoms with Gasteiger partial charge in [-0.05, 0) is 37.6 Å². The molecule has 34 heavy (non-hydrogen) atoms. The monoisotopic (exact) mass is 474 g/mol. The Hall–Kier alpha value is -3.41. The number of hydrogen-bond donors (Lipinski definition) is 1. The average molecular weight is 474 g/mol. The summed E-state index contributed by atoms with van der Waals surface area (Å²) in [5.74, 6) is -3.48. The Morgan fingerprint density at radius 1 is 1.29 bits per heavy atom. The summed E-state index contributed by atoms with van der Waals surface area (Å²) in [6.07, 6.45) is 2.29. The van der Waals surface area contributed by atoms with E-state index in [-0.39, 0.29) is 30.4 Å². The van der Waals surface area contributed by atoms with E-state index in [9.17, 15) is 8.78 Å². The SMILES string of the molecule is CCCn1nnc2ccc(-c3c(F)cn4nc(N[C@@H]5CCN(C)CC5(F)F)nc(OC)c34)cc21. The third kappa shape index (κ3) is 3.81. The summed E-state index contributed by atoms with van der Waals surface area (Å²) in [5, 5.41) is 15.3. The standard InChI is InChI=1S/C22H25F3N8O/c1-4-8-32-16-10-13(5-6-15(16)28-30-32)18-14(23)11-33-19(18)20(34-3)27-21(29-33)26-17-7-9-31(2)12-22(17,24)25/h5-6,10-11,17H,4,7-9,12H2,1-3H3,(H,26,29)/t17-/m1/s1. The maximum absolute atomic E-state index is 15.2. The van der Waals surface area contributed by atoms with Gasteiger partial charge in [0.25, 0.3) is 5.92 Å². The number of aromatic nitrogens is 6. The highest BCUT2D eigenvalue weighted by Crippen LogP contribution is 2.36. The quantitative estimate of drug-likeness (QED) is 0.458. The summed E-state index contributed by atoms with van der Waals surface area (Å²) >= 11 is 0. The van der Waals surface area contributed by atoms with Crippen LogP contribution in [-0.2, 0) is 6.54 Å². The lowest BCUT2D eigenvalue weighted by Gasteiger charge is -2.36. The van der Waals surface area contributed by atoms with Crippen LogP contribution in [0.4, 0.5) is 19.1 Å². The number of anilines is 1. The second-order valence-corrected chi connectivity index (χ2v) is 8.59. The van der Waals surface area contributed by atoms with E-state index in [1.165, 1.54) is 17.8 Å². The predicted octanol–water partition coefficient (Wildman–Crippen LogP) is 3.45. The second kappa shape index (κ2) is 8.42. The molecule has 9 nitrogen and oxygen atoms in total. The molecule has 0 amide bonds. The van der Waals surface area contributed by atoms with Gasteiger partial charge in [0, 0.05) is 13.1 Å². The van der Waals surface area contributed by atoms with E-state index in [1.807, 2.05) is 13.0 Å². The Balaban J connectivity index is 1.57. The Kier molecular flexibility index (Phi) is 5.54. The molecule has 0 bridgehead atoms. The van der Waals surface area contributed by atoms with Crippen molar-refractivity contribution in [3.8, 4) is 17.0 Å². The number of likely N-dealkylation sites (tertiary alicyclic amines) is 1. The lowest BCUT2D eigenvalue weighted by Crippen LogP contribution is -2.53. The molecule has 1 aliphatic rings. The first-order chi connectivity index (χ1) is 16.3. The van der Waals surface area contributed by atoms with Gasteiger partial charge in [0.2, 0.25) is 11.8 Å². The number of benzene rings is 1. The van der Waals surface area contributed by atoms with E-state index in [0.29, 0.717) is 29.7 Å². The molecule has 12 heteroatoms. The van der Waals surface area contributed by atoms with Gasteiger partial charge >= 0.3 is 0 Å². The molecule has 0 radical (unpaired) electrons. The van der Waals surface area contributed by atoms with E-state index in [1.54, 1.807) is 28.8 Å². The van der Waals surface area contributed by atoms with Gasteiger partial charge in [-0.3, -0.25) is 0 Å². The largest absolute Gasteiger partial charge is 0.479 e. The highest BCUT2D eigenvalue weighted by Gasteiger charge is 2.44. The number of piperidine rings is 1. The average Bonchev–Trinajstić information content (AvgIpc) is 3.34. The van der Waals surface area contributed by atoms with Gasteiger partial charge in [-0.25, -0.2) is 22.4 Å². The van der Waals surface area contributed by atoms with Gasteiger partial charge in [0.05, 0.1) is 37.0 Å². The molecule has 1 N–H and O–H groups in total. The number of aryl methyl sites for hydroxylation is 1. The van der Waals surface area contributed by atoms with Gasteiger partial charge < -0.3 is 15.0 Å². The number of rotatable bonds is 6. The molecule has 1 aromatic carbocycles. The van der Waals surface area contributed by atoms with Crippen LogP contribution in [-0.4, -0.2) is 73.7 Å². The van der Waals surface area contributed by atoms with Crippen molar-refractivity contribution in [2.75, 3.05) is 32.6 Å². The minimum atomic E-state index is -2.96. The molecule has 0 unspecified atom stereocenters.